The van der Waals surface area contributed by atoms with E-state index >= 15 is 0 Å². The predicted molar refractivity (Wildman–Crippen MR) is 65.4 cm³/mol. The topological polar surface area (TPSA) is 32.5 Å². The van der Waals surface area contributed by atoms with E-state index in [4.69, 9.17) is 5.84 Å². The molecule has 0 amide bonds. The Morgan fingerprint density at radius 3 is 2.27 bits per heavy atom. The molecular formula is C12H27N3. The van der Waals surface area contributed by atoms with E-state index < -0.39 is 0 Å². The number of hydrogen-bond acceptors (Lipinski definition) is 3. The summed E-state index contributed by atoms with van der Waals surface area (Å²) in [6.45, 7) is 15.6. The van der Waals surface area contributed by atoms with E-state index in [1.807, 2.05) is 18.9 Å². The number of nitrogens with two attached hydrogens (primary N) is 1. The highest BCUT2D eigenvalue weighted by molar-refractivity contribution is 5.01. The first kappa shape index (κ1) is 12.9. The zero-order valence-corrected chi connectivity index (χ0v) is 11.0. The molecule has 1 unspecified atom stereocenters. The molecular weight excluding hydrogens is 186 g/mol. The summed E-state index contributed by atoms with van der Waals surface area (Å²) in [4.78, 5) is 2.58. The van der Waals surface area contributed by atoms with Gasteiger partial charge < -0.3 is 0 Å². The van der Waals surface area contributed by atoms with E-state index in [9.17, 15) is 0 Å². The van der Waals surface area contributed by atoms with Gasteiger partial charge in [-0.25, -0.2) is 5.01 Å². The van der Waals surface area contributed by atoms with Gasteiger partial charge in [0.1, 0.15) is 0 Å². The quantitative estimate of drug-likeness (QED) is 0.671. The summed E-state index contributed by atoms with van der Waals surface area (Å²) < 4.78 is 0. The van der Waals surface area contributed by atoms with Crippen LogP contribution in [0.3, 0.4) is 0 Å². The van der Waals surface area contributed by atoms with E-state index in [1.54, 1.807) is 0 Å². The highest BCUT2D eigenvalue weighted by Gasteiger charge is 2.48. The van der Waals surface area contributed by atoms with Gasteiger partial charge in [0.05, 0.1) is 0 Å². The molecule has 15 heavy (non-hydrogen) atoms. The lowest BCUT2D eigenvalue weighted by atomic mass is 9.83. The van der Waals surface area contributed by atoms with E-state index in [1.165, 1.54) is 13.1 Å². The van der Waals surface area contributed by atoms with Crippen molar-refractivity contribution >= 4 is 0 Å². The molecule has 90 valence electrons. The van der Waals surface area contributed by atoms with Gasteiger partial charge in [-0.15, -0.1) is 0 Å². The van der Waals surface area contributed by atoms with Crippen LogP contribution in [0.1, 0.15) is 34.6 Å². The Hall–Kier alpha value is -0.120. The number of hydrazine groups is 1. The molecule has 0 aliphatic carbocycles. The van der Waals surface area contributed by atoms with Crippen LogP contribution in [0.15, 0.2) is 0 Å². The molecule has 0 radical (unpaired) electrons. The highest BCUT2D eigenvalue weighted by atomic mass is 15.4. The summed E-state index contributed by atoms with van der Waals surface area (Å²) in [5.74, 6) is 6.64. The maximum Gasteiger partial charge on any atom is 0.0198 e. The number of fused-ring (bicyclic) bond motifs is 1. The van der Waals surface area contributed by atoms with Gasteiger partial charge in [0.2, 0.25) is 0 Å². The van der Waals surface area contributed by atoms with Crippen molar-refractivity contribution in [1.29, 1.82) is 0 Å². The third kappa shape index (κ3) is 2.52. The molecule has 2 saturated heterocycles. The molecule has 0 aromatic heterocycles. The van der Waals surface area contributed by atoms with E-state index in [-0.39, 0.29) is 0 Å². The molecule has 2 heterocycles. The predicted octanol–water partition coefficient (Wildman–Crippen LogP) is 1.55. The second kappa shape index (κ2) is 4.81. The van der Waals surface area contributed by atoms with Gasteiger partial charge in [-0.2, -0.15) is 0 Å². The van der Waals surface area contributed by atoms with Gasteiger partial charge in [-0.3, -0.25) is 10.7 Å². The minimum Gasteiger partial charge on any atom is -0.300 e. The lowest BCUT2D eigenvalue weighted by Gasteiger charge is -2.25. The summed E-state index contributed by atoms with van der Waals surface area (Å²) in [5, 5.41) is 1.99. The normalized spacial score (nSPS) is 36.6. The summed E-state index contributed by atoms with van der Waals surface area (Å²) in [5.41, 5.74) is 0.457. The van der Waals surface area contributed by atoms with E-state index in [0.717, 1.165) is 19.0 Å². The van der Waals surface area contributed by atoms with Crippen LogP contribution in [0.2, 0.25) is 0 Å². The number of likely N-dealkylation sites (tertiary alicyclic amines) is 1. The maximum absolute atomic E-state index is 5.85. The van der Waals surface area contributed by atoms with Crippen molar-refractivity contribution in [3.05, 3.63) is 0 Å². The molecule has 2 rings (SSSR count). The molecule has 2 atom stereocenters. The molecule has 3 heteroatoms. The van der Waals surface area contributed by atoms with Crippen molar-refractivity contribution < 1.29 is 0 Å². The Morgan fingerprint density at radius 1 is 1.20 bits per heavy atom. The first-order valence-electron chi connectivity index (χ1n) is 6.25. The molecule has 0 bridgehead atoms. The molecule has 2 aliphatic rings. The highest BCUT2D eigenvalue weighted by Crippen LogP contribution is 2.41. The molecule has 2 N–H and O–H groups in total. The zero-order chi connectivity index (χ0) is 11.6. The van der Waals surface area contributed by atoms with Gasteiger partial charge >= 0.3 is 0 Å². The summed E-state index contributed by atoms with van der Waals surface area (Å²) in [6.07, 6.45) is 0. The minimum atomic E-state index is 0.457. The average molecular weight is 213 g/mol. The Kier molecular flexibility index (Phi) is 4.15. The second-order valence-corrected chi connectivity index (χ2v) is 5.30. The van der Waals surface area contributed by atoms with Crippen LogP contribution in [-0.2, 0) is 0 Å². The summed E-state index contributed by atoms with van der Waals surface area (Å²) in [7, 11) is 0. The largest absolute Gasteiger partial charge is 0.300 e. The van der Waals surface area contributed by atoms with Crippen LogP contribution in [0.4, 0.5) is 0 Å². The molecule has 2 aliphatic heterocycles. The Balaban J connectivity index is 0.000000531. The fraction of sp³-hybridized carbons (Fsp3) is 1.00. The van der Waals surface area contributed by atoms with Crippen molar-refractivity contribution in [1.82, 2.24) is 9.91 Å². The number of nitrogens with zero attached hydrogens (tertiary/aromatic N) is 2. The van der Waals surface area contributed by atoms with E-state index in [0.29, 0.717) is 11.5 Å². The van der Waals surface area contributed by atoms with Gasteiger partial charge in [0.25, 0.3) is 0 Å². The van der Waals surface area contributed by atoms with Crippen molar-refractivity contribution in [2.45, 2.75) is 40.7 Å². The smallest absolute Gasteiger partial charge is 0.0198 e. The Labute approximate surface area is 94.6 Å². The fourth-order valence-corrected chi connectivity index (χ4v) is 2.82. The molecule has 0 spiro atoms. The summed E-state index contributed by atoms with van der Waals surface area (Å²) >= 11 is 0. The van der Waals surface area contributed by atoms with E-state index in [2.05, 4.69) is 25.7 Å². The Bertz CT molecular complexity index is 205. The van der Waals surface area contributed by atoms with Crippen LogP contribution >= 0.6 is 0 Å². The zero-order valence-electron chi connectivity index (χ0n) is 11.0. The second-order valence-electron chi connectivity index (χ2n) is 5.30. The van der Waals surface area contributed by atoms with Crippen LogP contribution < -0.4 is 5.84 Å². The summed E-state index contributed by atoms with van der Waals surface area (Å²) in [6, 6.07) is 0.689. The van der Waals surface area contributed by atoms with Crippen molar-refractivity contribution in [3.8, 4) is 0 Å². The van der Waals surface area contributed by atoms with Crippen LogP contribution in [0, 0.1) is 11.3 Å². The van der Waals surface area contributed by atoms with Crippen molar-refractivity contribution in [3.63, 3.8) is 0 Å². The molecule has 3 nitrogen and oxygen atoms in total. The average Bonchev–Trinajstić information content (AvgIpc) is 2.58. The molecule has 2 fully saturated rings. The lowest BCUT2D eigenvalue weighted by Crippen LogP contribution is -2.37. The van der Waals surface area contributed by atoms with Gasteiger partial charge in [-0.1, -0.05) is 20.8 Å². The van der Waals surface area contributed by atoms with Crippen LogP contribution in [0.5, 0.6) is 0 Å². The first-order chi connectivity index (χ1) is 7.01. The van der Waals surface area contributed by atoms with Gasteiger partial charge in [-0.05, 0) is 25.2 Å². The lowest BCUT2D eigenvalue weighted by molar-refractivity contribution is 0.201. The first-order valence-corrected chi connectivity index (χ1v) is 6.25. The monoisotopic (exact) mass is 213 g/mol. The Morgan fingerprint density at radius 2 is 1.80 bits per heavy atom. The molecule has 0 saturated carbocycles. The third-order valence-corrected chi connectivity index (χ3v) is 3.75. The van der Waals surface area contributed by atoms with Crippen molar-refractivity contribution in [2.75, 3.05) is 26.2 Å². The van der Waals surface area contributed by atoms with Crippen LogP contribution in [-0.4, -0.2) is 42.1 Å². The SMILES string of the molecule is CC.CC(C)N1CC2CN(N)C[C@@]2(C)C1. The van der Waals surface area contributed by atoms with Gasteiger partial charge in [0.15, 0.2) is 0 Å². The van der Waals surface area contributed by atoms with Crippen LogP contribution in [0.25, 0.3) is 0 Å². The standard InChI is InChI=1S/C10H21N3.C2H6/c1-8(2)12-4-9-5-13(11)7-10(9,3)6-12;1-2/h8-9H,4-7,11H2,1-3H3;1-2H3/t9?,10-;/m1./s1. The number of hydrogen-bond donors (Lipinski definition) is 1. The number of rotatable bonds is 1. The minimum absolute atomic E-state index is 0.457. The fourth-order valence-electron chi connectivity index (χ4n) is 2.82. The van der Waals surface area contributed by atoms with Gasteiger partial charge in [0, 0.05) is 32.2 Å². The van der Waals surface area contributed by atoms with Crippen molar-refractivity contribution in [2.24, 2.45) is 17.2 Å². The maximum atomic E-state index is 5.85. The molecule has 0 aromatic rings. The third-order valence-electron chi connectivity index (χ3n) is 3.75. The molecule has 0 aromatic carbocycles.